The highest BCUT2D eigenvalue weighted by Crippen LogP contribution is 2.15. The van der Waals surface area contributed by atoms with Crippen LogP contribution in [0.5, 0.6) is 11.5 Å². The molecule has 2 rings (SSSR count). The first-order valence-electron chi connectivity index (χ1n) is 5.55. The Kier molecular flexibility index (Phi) is 7.30. The van der Waals surface area contributed by atoms with Crippen molar-refractivity contribution in [3.63, 3.8) is 0 Å². The van der Waals surface area contributed by atoms with E-state index in [9.17, 15) is 0 Å². The maximum atomic E-state index is 8.74. The fourth-order valence-corrected chi connectivity index (χ4v) is 1.66. The van der Waals surface area contributed by atoms with Gasteiger partial charge in [0.1, 0.15) is 18.1 Å². The second-order valence-electron chi connectivity index (χ2n) is 3.53. The fraction of sp³-hybridized carbons (Fsp3) is 0.0667. The summed E-state index contributed by atoms with van der Waals surface area (Å²) >= 11 is 6.57. The summed E-state index contributed by atoms with van der Waals surface area (Å²) in [5.74, 6) is 1.17. The third-order valence-corrected chi connectivity index (χ3v) is 3.07. The quantitative estimate of drug-likeness (QED) is 0.738. The molecule has 2 aromatic rings. The van der Waals surface area contributed by atoms with Crippen molar-refractivity contribution in [1.29, 1.82) is 0 Å². The first-order chi connectivity index (χ1) is 9.11. The normalized spacial score (nSPS) is 9.16. The molecule has 0 saturated heterocycles. The Bertz CT molecular complexity index is 472. The molecule has 0 fully saturated rings. The summed E-state index contributed by atoms with van der Waals surface area (Å²) < 4.78 is 7.31. The lowest BCUT2D eigenvalue weighted by atomic mass is 10.3. The molecule has 0 amide bonds. The first-order valence-corrected chi connectivity index (χ1v) is 7.14. The zero-order chi connectivity index (χ0) is 14.1. The second kappa shape index (κ2) is 8.77. The summed E-state index contributed by atoms with van der Waals surface area (Å²) in [4.78, 5) is 0. The van der Waals surface area contributed by atoms with E-state index in [-0.39, 0.29) is 0 Å². The molecule has 0 atom stereocenters. The molecule has 0 spiro atoms. The van der Waals surface area contributed by atoms with Gasteiger partial charge in [-0.2, -0.15) is 0 Å². The van der Waals surface area contributed by atoms with Gasteiger partial charge in [-0.05, 0) is 48.5 Å². The summed E-state index contributed by atoms with van der Waals surface area (Å²) in [6.07, 6.45) is 1.72. The molecule has 2 aromatic carbocycles. The van der Waals surface area contributed by atoms with E-state index in [0.29, 0.717) is 12.4 Å². The third-order valence-electron chi connectivity index (χ3n) is 2.01. The molecule has 0 aromatic heterocycles. The van der Waals surface area contributed by atoms with Gasteiger partial charge in [-0.1, -0.05) is 44.5 Å². The number of ether oxygens (including phenoxy) is 1. The van der Waals surface area contributed by atoms with Crippen molar-refractivity contribution in [2.45, 2.75) is 0 Å². The number of rotatable bonds is 3. The summed E-state index contributed by atoms with van der Waals surface area (Å²) in [7, 11) is 0. The maximum Gasteiger partial charge on any atom is 0.119 e. The highest BCUT2D eigenvalue weighted by Gasteiger charge is 1.89. The Balaban J connectivity index is 0.000000200. The molecule has 4 heteroatoms. The fourth-order valence-electron chi connectivity index (χ4n) is 1.13. The van der Waals surface area contributed by atoms with Crippen LogP contribution in [-0.4, -0.2) is 11.7 Å². The van der Waals surface area contributed by atoms with Crippen LogP contribution in [0.25, 0.3) is 0 Å². The number of hydrogen-bond acceptors (Lipinski definition) is 2. The van der Waals surface area contributed by atoms with E-state index in [1.165, 1.54) is 0 Å². The van der Waals surface area contributed by atoms with Crippen LogP contribution in [0.15, 0.2) is 70.1 Å². The van der Waals surface area contributed by atoms with Crippen molar-refractivity contribution >= 4 is 31.9 Å². The summed E-state index contributed by atoms with van der Waals surface area (Å²) in [5, 5.41) is 8.74. The van der Waals surface area contributed by atoms with E-state index in [2.05, 4.69) is 38.4 Å². The van der Waals surface area contributed by atoms with Crippen LogP contribution in [0.1, 0.15) is 0 Å². The van der Waals surface area contributed by atoms with Gasteiger partial charge in [-0.15, -0.1) is 0 Å². The van der Waals surface area contributed by atoms with Crippen LogP contribution in [0.2, 0.25) is 0 Å². The van der Waals surface area contributed by atoms with Gasteiger partial charge in [0.15, 0.2) is 0 Å². The van der Waals surface area contributed by atoms with Crippen molar-refractivity contribution in [2.75, 3.05) is 6.61 Å². The van der Waals surface area contributed by atoms with Crippen LogP contribution < -0.4 is 4.74 Å². The molecule has 0 bridgehead atoms. The zero-order valence-corrected chi connectivity index (χ0v) is 13.4. The molecule has 1 N–H and O–H groups in total. The lowest BCUT2D eigenvalue weighted by molar-refractivity contribution is 0.363. The van der Waals surface area contributed by atoms with E-state index < -0.39 is 0 Å². The molecule has 0 unspecified atom stereocenters. The van der Waals surface area contributed by atoms with Crippen LogP contribution in [-0.2, 0) is 0 Å². The van der Waals surface area contributed by atoms with E-state index in [1.54, 1.807) is 30.3 Å². The van der Waals surface area contributed by atoms with Crippen molar-refractivity contribution in [3.8, 4) is 11.5 Å². The Morgan fingerprint density at radius 2 is 1.42 bits per heavy atom. The average molecular weight is 386 g/mol. The molecule has 0 aliphatic carbocycles. The maximum absolute atomic E-state index is 8.74. The molecule has 0 aliphatic heterocycles. The van der Waals surface area contributed by atoms with Gasteiger partial charge in [0.2, 0.25) is 0 Å². The molecule has 0 aliphatic rings. The molecule has 0 radical (unpaired) electrons. The second-order valence-corrected chi connectivity index (χ2v) is 5.36. The molecule has 2 nitrogen and oxygen atoms in total. The Labute approximate surface area is 130 Å². The van der Waals surface area contributed by atoms with Gasteiger partial charge < -0.3 is 9.84 Å². The Hall–Kier alpha value is -1.26. The minimum atomic E-state index is 0.299. The standard InChI is InChI=1S/C9H9BrO.C6H5BrO/c1-2-7-11-9-5-3-8(10)4-6-9;7-5-1-3-6(8)4-2-5/h2-6H,1,7H2;1-4,8H. The van der Waals surface area contributed by atoms with Gasteiger partial charge in [0, 0.05) is 8.95 Å². The Morgan fingerprint density at radius 3 is 1.84 bits per heavy atom. The van der Waals surface area contributed by atoms with E-state index in [4.69, 9.17) is 9.84 Å². The van der Waals surface area contributed by atoms with Crippen molar-refractivity contribution in [1.82, 2.24) is 0 Å². The SMILES string of the molecule is C=CCOc1ccc(Br)cc1.Oc1ccc(Br)cc1. The molecule has 0 heterocycles. The lowest BCUT2D eigenvalue weighted by Crippen LogP contribution is -1.91. The van der Waals surface area contributed by atoms with Gasteiger partial charge in [-0.3, -0.25) is 0 Å². The number of phenols is 1. The molecule has 0 saturated carbocycles. The predicted molar refractivity (Wildman–Crippen MR) is 85.6 cm³/mol. The lowest BCUT2D eigenvalue weighted by Gasteiger charge is -2.01. The molecular formula is C15H14Br2O2. The monoisotopic (exact) mass is 384 g/mol. The van der Waals surface area contributed by atoms with Crippen molar-refractivity contribution in [3.05, 3.63) is 70.1 Å². The van der Waals surface area contributed by atoms with Gasteiger partial charge in [0.25, 0.3) is 0 Å². The number of phenolic OH excluding ortho intramolecular Hbond substituents is 1. The minimum absolute atomic E-state index is 0.299. The summed E-state index contributed by atoms with van der Waals surface area (Å²) in [6.45, 7) is 4.12. The Morgan fingerprint density at radius 1 is 0.947 bits per heavy atom. The third kappa shape index (κ3) is 7.03. The highest BCUT2D eigenvalue weighted by atomic mass is 79.9. The minimum Gasteiger partial charge on any atom is -0.508 e. The summed E-state index contributed by atoms with van der Waals surface area (Å²) in [5.41, 5.74) is 0. The zero-order valence-electron chi connectivity index (χ0n) is 10.2. The molecule has 100 valence electrons. The molecule has 19 heavy (non-hydrogen) atoms. The van der Waals surface area contributed by atoms with Crippen molar-refractivity contribution in [2.24, 2.45) is 0 Å². The van der Waals surface area contributed by atoms with Crippen LogP contribution >= 0.6 is 31.9 Å². The van der Waals surface area contributed by atoms with Crippen molar-refractivity contribution < 1.29 is 9.84 Å². The van der Waals surface area contributed by atoms with E-state index >= 15 is 0 Å². The number of benzene rings is 2. The van der Waals surface area contributed by atoms with Gasteiger partial charge in [-0.25, -0.2) is 0 Å². The van der Waals surface area contributed by atoms with Gasteiger partial charge >= 0.3 is 0 Å². The van der Waals surface area contributed by atoms with Crippen LogP contribution in [0.3, 0.4) is 0 Å². The largest absolute Gasteiger partial charge is 0.508 e. The smallest absolute Gasteiger partial charge is 0.119 e. The van der Waals surface area contributed by atoms with E-state index in [0.717, 1.165) is 14.7 Å². The van der Waals surface area contributed by atoms with E-state index in [1.807, 2.05) is 24.3 Å². The topological polar surface area (TPSA) is 29.5 Å². The highest BCUT2D eigenvalue weighted by molar-refractivity contribution is 9.10. The number of halogens is 2. The van der Waals surface area contributed by atoms with Crippen LogP contribution in [0, 0.1) is 0 Å². The number of aromatic hydroxyl groups is 1. The van der Waals surface area contributed by atoms with Gasteiger partial charge in [0.05, 0.1) is 0 Å². The number of hydrogen-bond donors (Lipinski definition) is 1. The first kappa shape index (κ1) is 15.8. The summed E-state index contributed by atoms with van der Waals surface area (Å²) in [6, 6.07) is 14.5. The molecular weight excluding hydrogens is 372 g/mol. The predicted octanol–water partition coefficient (Wildman–Crippen LogP) is 5.17. The average Bonchev–Trinajstić information content (AvgIpc) is 2.42. The van der Waals surface area contributed by atoms with Crippen LogP contribution in [0.4, 0.5) is 0 Å².